The molecule has 0 aliphatic carbocycles. The fourth-order valence-corrected chi connectivity index (χ4v) is 2.78. The second-order valence-electron chi connectivity index (χ2n) is 4.54. The Bertz CT molecular complexity index is 731. The molecule has 0 aliphatic rings. The summed E-state index contributed by atoms with van der Waals surface area (Å²) >= 11 is 1.67. The number of anilines is 1. The molecule has 2 aromatic heterocycles. The molecule has 0 radical (unpaired) electrons. The number of hydrogen-bond acceptors (Lipinski definition) is 4. The van der Waals surface area contributed by atoms with Gasteiger partial charge in [-0.15, -0.1) is 11.3 Å². The lowest BCUT2D eigenvalue weighted by Gasteiger charge is -2.07. The van der Waals surface area contributed by atoms with Crippen molar-refractivity contribution in [2.24, 2.45) is 5.73 Å². The number of carbonyl (C=O) groups excluding carboxylic acids is 1. The minimum Gasteiger partial charge on any atom is -0.381 e. The Morgan fingerprint density at radius 3 is 2.76 bits per heavy atom. The number of amides is 1. The molecule has 3 rings (SSSR count). The molecule has 0 saturated heterocycles. The molecule has 0 unspecified atom stereocenters. The largest absolute Gasteiger partial charge is 0.381 e. The Balaban J connectivity index is 1.71. The average Bonchev–Trinajstić information content (AvgIpc) is 3.16. The van der Waals surface area contributed by atoms with Crippen molar-refractivity contribution >= 4 is 22.9 Å². The van der Waals surface area contributed by atoms with Crippen LogP contribution >= 0.6 is 11.3 Å². The van der Waals surface area contributed by atoms with Gasteiger partial charge >= 0.3 is 0 Å². The van der Waals surface area contributed by atoms with Crippen molar-refractivity contribution in [3.63, 3.8) is 0 Å². The van der Waals surface area contributed by atoms with Crippen LogP contribution in [0, 0.1) is 0 Å². The fraction of sp³-hybridized carbons (Fsp3) is 0.0667. The first kappa shape index (κ1) is 13.4. The zero-order valence-corrected chi connectivity index (χ0v) is 12.0. The second-order valence-corrected chi connectivity index (χ2v) is 5.49. The summed E-state index contributed by atoms with van der Waals surface area (Å²) < 4.78 is 0. The molecule has 0 bridgehead atoms. The van der Waals surface area contributed by atoms with Gasteiger partial charge in [-0.25, -0.2) is 0 Å². The third kappa shape index (κ3) is 2.95. The summed E-state index contributed by atoms with van der Waals surface area (Å²) in [6.45, 7) is 0.652. The van der Waals surface area contributed by atoms with Crippen LogP contribution in [0.5, 0.6) is 0 Å². The molecule has 6 heteroatoms. The SMILES string of the molecule is NC(=O)c1ccc(NCc2cn[nH]c2-c2cccs2)cc1. The summed E-state index contributed by atoms with van der Waals surface area (Å²) in [5.74, 6) is -0.420. The van der Waals surface area contributed by atoms with Crippen LogP contribution in [-0.2, 0) is 6.54 Å². The van der Waals surface area contributed by atoms with E-state index >= 15 is 0 Å². The summed E-state index contributed by atoms with van der Waals surface area (Å²) in [7, 11) is 0. The number of nitrogens with zero attached hydrogens (tertiary/aromatic N) is 1. The van der Waals surface area contributed by atoms with E-state index in [1.165, 1.54) is 0 Å². The van der Waals surface area contributed by atoms with E-state index in [9.17, 15) is 4.79 Å². The Morgan fingerprint density at radius 1 is 1.29 bits per heavy atom. The lowest BCUT2D eigenvalue weighted by molar-refractivity contribution is 0.100. The number of thiophene rings is 1. The molecule has 0 saturated carbocycles. The lowest BCUT2D eigenvalue weighted by Crippen LogP contribution is -2.10. The van der Waals surface area contributed by atoms with E-state index in [1.54, 1.807) is 23.5 Å². The fourth-order valence-electron chi connectivity index (χ4n) is 2.03. The van der Waals surface area contributed by atoms with Crippen LogP contribution in [0.25, 0.3) is 10.6 Å². The summed E-state index contributed by atoms with van der Waals surface area (Å²) in [5, 5.41) is 12.5. The van der Waals surface area contributed by atoms with E-state index in [1.807, 2.05) is 29.8 Å². The number of primary amides is 1. The lowest BCUT2D eigenvalue weighted by atomic mass is 10.2. The van der Waals surface area contributed by atoms with Gasteiger partial charge in [0.1, 0.15) is 0 Å². The number of hydrogen-bond donors (Lipinski definition) is 3. The van der Waals surface area contributed by atoms with Crippen LogP contribution in [0.15, 0.2) is 48.0 Å². The molecular formula is C15H14N4OS. The second kappa shape index (κ2) is 5.80. The number of aromatic amines is 1. The summed E-state index contributed by atoms with van der Waals surface area (Å²) in [6.07, 6.45) is 1.82. The van der Waals surface area contributed by atoms with E-state index in [0.29, 0.717) is 12.1 Å². The topological polar surface area (TPSA) is 83.8 Å². The number of nitrogens with two attached hydrogens (primary N) is 1. The van der Waals surface area contributed by atoms with Crippen LogP contribution in [0.3, 0.4) is 0 Å². The van der Waals surface area contributed by atoms with Crippen molar-refractivity contribution in [3.05, 3.63) is 59.1 Å². The number of nitrogens with one attached hydrogen (secondary N) is 2. The molecule has 0 spiro atoms. The molecule has 3 aromatic rings. The van der Waals surface area contributed by atoms with Gasteiger partial charge in [0.2, 0.25) is 5.91 Å². The average molecular weight is 298 g/mol. The smallest absolute Gasteiger partial charge is 0.248 e. The van der Waals surface area contributed by atoms with Gasteiger partial charge < -0.3 is 11.1 Å². The molecule has 0 atom stereocenters. The molecular weight excluding hydrogens is 284 g/mol. The number of aromatic nitrogens is 2. The highest BCUT2D eigenvalue weighted by Gasteiger charge is 2.08. The molecule has 1 aromatic carbocycles. The van der Waals surface area contributed by atoms with E-state index in [4.69, 9.17) is 5.73 Å². The highest BCUT2D eigenvalue weighted by molar-refractivity contribution is 7.13. The van der Waals surface area contributed by atoms with Crippen LogP contribution in [0.4, 0.5) is 5.69 Å². The van der Waals surface area contributed by atoms with Crippen molar-refractivity contribution < 1.29 is 4.79 Å². The maximum atomic E-state index is 11.0. The quantitative estimate of drug-likeness (QED) is 0.677. The molecule has 21 heavy (non-hydrogen) atoms. The van der Waals surface area contributed by atoms with Gasteiger partial charge in [0, 0.05) is 23.4 Å². The summed E-state index contributed by atoms with van der Waals surface area (Å²) in [5.41, 5.74) is 8.78. The zero-order chi connectivity index (χ0) is 14.7. The van der Waals surface area contributed by atoms with Crippen molar-refractivity contribution in [1.29, 1.82) is 0 Å². The summed E-state index contributed by atoms with van der Waals surface area (Å²) in [6, 6.07) is 11.2. The number of rotatable bonds is 5. The maximum Gasteiger partial charge on any atom is 0.248 e. The Kier molecular flexibility index (Phi) is 3.70. The third-order valence-electron chi connectivity index (χ3n) is 3.14. The number of benzene rings is 1. The van der Waals surface area contributed by atoms with Gasteiger partial charge in [-0.2, -0.15) is 5.10 Å². The highest BCUT2D eigenvalue weighted by atomic mass is 32.1. The predicted molar refractivity (Wildman–Crippen MR) is 84.2 cm³/mol. The van der Waals surface area contributed by atoms with Crippen LogP contribution in [0.2, 0.25) is 0 Å². The molecule has 0 aliphatic heterocycles. The van der Waals surface area contributed by atoms with Crippen molar-refractivity contribution in [1.82, 2.24) is 10.2 Å². The van der Waals surface area contributed by atoms with Crippen LogP contribution < -0.4 is 11.1 Å². The van der Waals surface area contributed by atoms with Gasteiger partial charge in [-0.05, 0) is 35.7 Å². The van der Waals surface area contributed by atoms with E-state index < -0.39 is 5.91 Å². The van der Waals surface area contributed by atoms with E-state index in [0.717, 1.165) is 21.8 Å². The Hall–Kier alpha value is -2.60. The monoisotopic (exact) mass is 298 g/mol. The van der Waals surface area contributed by atoms with Crippen molar-refractivity contribution in [3.8, 4) is 10.6 Å². The Labute approximate surface area is 125 Å². The van der Waals surface area contributed by atoms with Gasteiger partial charge in [0.25, 0.3) is 0 Å². The first-order valence-corrected chi connectivity index (χ1v) is 7.32. The first-order chi connectivity index (χ1) is 10.2. The molecule has 106 valence electrons. The van der Waals surface area contributed by atoms with Crippen LogP contribution in [-0.4, -0.2) is 16.1 Å². The van der Waals surface area contributed by atoms with Gasteiger partial charge in [0.05, 0.1) is 16.8 Å². The number of H-pyrrole nitrogens is 1. The minimum absolute atomic E-state index is 0.420. The van der Waals surface area contributed by atoms with Gasteiger partial charge in [0.15, 0.2) is 0 Å². The van der Waals surface area contributed by atoms with Gasteiger partial charge in [-0.1, -0.05) is 6.07 Å². The van der Waals surface area contributed by atoms with Crippen molar-refractivity contribution in [2.45, 2.75) is 6.54 Å². The zero-order valence-electron chi connectivity index (χ0n) is 11.2. The van der Waals surface area contributed by atoms with E-state index in [2.05, 4.69) is 21.6 Å². The maximum absolute atomic E-state index is 11.0. The number of carbonyl (C=O) groups is 1. The normalized spacial score (nSPS) is 10.5. The highest BCUT2D eigenvalue weighted by Crippen LogP contribution is 2.26. The molecule has 1 amide bonds. The third-order valence-corrected chi connectivity index (χ3v) is 4.03. The minimum atomic E-state index is -0.420. The first-order valence-electron chi connectivity index (χ1n) is 6.44. The van der Waals surface area contributed by atoms with E-state index in [-0.39, 0.29) is 0 Å². The van der Waals surface area contributed by atoms with Crippen molar-refractivity contribution in [2.75, 3.05) is 5.32 Å². The molecule has 4 N–H and O–H groups in total. The van der Waals surface area contributed by atoms with Crippen LogP contribution in [0.1, 0.15) is 15.9 Å². The molecule has 5 nitrogen and oxygen atoms in total. The molecule has 0 fully saturated rings. The molecule has 2 heterocycles. The standard InChI is InChI=1S/C15H14N4OS/c16-15(20)10-3-5-12(6-4-10)17-8-11-9-18-19-14(11)13-2-1-7-21-13/h1-7,9,17H,8H2,(H2,16,20)(H,18,19). The summed E-state index contributed by atoms with van der Waals surface area (Å²) in [4.78, 5) is 12.2. The predicted octanol–water partition coefficient (Wildman–Crippen LogP) is 2.85. The Morgan fingerprint density at radius 2 is 2.10 bits per heavy atom. The van der Waals surface area contributed by atoms with Gasteiger partial charge in [-0.3, -0.25) is 9.89 Å².